The number of nitriles is 1. The maximum Gasteiger partial charge on any atom is 0.131 e. The molecule has 110 valence electrons. The molecule has 2 aromatic rings. The third kappa shape index (κ3) is 2.96. The molecule has 2 aromatic carbocycles. The topological polar surface area (TPSA) is 42.2 Å². The van der Waals surface area contributed by atoms with Crippen LogP contribution in [0.1, 0.15) is 23.1 Å². The lowest BCUT2D eigenvalue weighted by Gasteiger charge is -2.18. The molecular formula is C19H17NO2. The average Bonchev–Trinajstić information content (AvgIpc) is 2.59. The van der Waals surface area contributed by atoms with Crippen LogP contribution in [-0.2, 0) is 13.0 Å². The van der Waals surface area contributed by atoms with Crippen molar-refractivity contribution < 1.29 is 9.47 Å². The normalized spacial score (nSPS) is 12.8. The molecule has 0 bridgehead atoms. The van der Waals surface area contributed by atoms with E-state index in [0.717, 1.165) is 41.0 Å². The van der Waals surface area contributed by atoms with E-state index in [1.807, 2.05) is 48.5 Å². The van der Waals surface area contributed by atoms with Crippen LogP contribution in [0.3, 0.4) is 0 Å². The van der Waals surface area contributed by atoms with Crippen molar-refractivity contribution in [2.24, 2.45) is 0 Å². The molecule has 0 heterocycles. The van der Waals surface area contributed by atoms with Crippen LogP contribution in [0.25, 0.3) is 6.08 Å². The fourth-order valence-corrected chi connectivity index (χ4v) is 2.60. The van der Waals surface area contributed by atoms with Crippen molar-refractivity contribution in [1.29, 1.82) is 5.26 Å². The lowest BCUT2D eigenvalue weighted by Crippen LogP contribution is -2.04. The first-order chi connectivity index (χ1) is 10.8. The highest BCUT2D eigenvalue weighted by Gasteiger charge is 2.16. The zero-order chi connectivity index (χ0) is 15.4. The minimum Gasteiger partial charge on any atom is -0.497 e. The lowest BCUT2D eigenvalue weighted by atomic mass is 9.92. The number of allylic oxidation sites excluding steroid dienone is 1. The van der Waals surface area contributed by atoms with Gasteiger partial charge < -0.3 is 9.47 Å². The zero-order valence-electron chi connectivity index (χ0n) is 12.5. The summed E-state index contributed by atoms with van der Waals surface area (Å²) in [7, 11) is 1.65. The van der Waals surface area contributed by atoms with Crippen LogP contribution in [0.2, 0.25) is 0 Å². The Kier molecular flexibility index (Phi) is 4.11. The van der Waals surface area contributed by atoms with E-state index in [-0.39, 0.29) is 0 Å². The lowest BCUT2D eigenvalue weighted by molar-refractivity contribution is 0.302. The van der Waals surface area contributed by atoms with Crippen LogP contribution in [-0.4, -0.2) is 7.11 Å². The van der Waals surface area contributed by atoms with Crippen molar-refractivity contribution in [3.8, 4) is 17.6 Å². The van der Waals surface area contributed by atoms with E-state index in [1.165, 1.54) is 5.56 Å². The maximum atomic E-state index is 9.13. The van der Waals surface area contributed by atoms with Gasteiger partial charge in [-0.2, -0.15) is 5.26 Å². The molecule has 3 rings (SSSR count). The Labute approximate surface area is 130 Å². The van der Waals surface area contributed by atoms with Gasteiger partial charge in [0.2, 0.25) is 0 Å². The summed E-state index contributed by atoms with van der Waals surface area (Å²) in [4.78, 5) is 0. The molecule has 0 N–H and O–H groups in total. The molecule has 0 amide bonds. The molecule has 3 nitrogen and oxygen atoms in total. The molecule has 0 saturated carbocycles. The molecule has 0 unspecified atom stereocenters. The highest BCUT2D eigenvalue weighted by Crippen LogP contribution is 2.35. The summed E-state index contributed by atoms with van der Waals surface area (Å²) in [6.07, 6.45) is 3.54. The minimum atomic E-state index is 0.496. The van der Waals surface area contributed by atoms with Gasteiger partial charge in [-0.05, 0) is 36.1 Å². The van der Waals surface area contributed by atoms with Gasteiger partial charge in [-0.15, -0.1) is 0 Å². The van der Waals surface area contributed by atoms with Crippen molar-refractivity contribution in [3.63, 3.8) is 0 Å². The van der Waals surface area contributed by atoms with Crippen LogP contribution in [0.5, 0.6) is 11.5 Å². The Morgan fingerprint density at radius 3 is 2.68 bits per heavy atom. The standard InChI is InChI=1S/C19H17NO2/c1-21-17-10-16-8-7-15(12-20)9-18(16)19(11-17)22-13-14-5-3-2-4-6-14/h2-6,9-11H,7-8,13H2,1H3. The molecule has 0 aliphatic heterocycles. The van der Waals surface area contributed by atoms with Crippen molar-refractivity contribution in [2.45, 2.75) is 19.4 Å². The first-order valence-corrected chi connectivity index (χ1v) is 7.28. The molecule has 1 aliphatic rings. The van der Waals surface area contributed by atoms with E-state index in [9.17, 15) is 0 Å². The number of ether oxygens (including phenoxy) is 2. The summed E-state index contributed by atoms with van der Waals surface area (Å²) >= 11 is 0. The Hall–Kier alpha value is -2.73. The Bertz CT molecular complexity index is 742. The largest absolute Gasteiger partial charge is 0.497 e. The van der Waals surface area contributed by atoms with Gasteiger partial charge in [0.15, 0.2) is 0 Å². The zero-order valence-corrected chi connectivity index (χ0v) is 12.5. The third-order valence-electron chi connectivity index (χ3n) is 3.80. The van der Waals surface area contributed by atoms with E-state index in [0.29, 0.717) is 6.61 Å². The molecule has 22 heavy (non-hydrogen) atoms. The predicted octanol–water partition coefficient (Wildman–Crippen LogP) is 4.13. The van der Waals surface area contributed by atoms with Crippen LogP contribution in [0.15, 0.2) is 48.0 Å². The molecular weight excluding hydrogens is 274 g/mol. The number of hydrogen-bond donors (Lipinski definition) is 0. The van der Waals surface area contributed by atoms with Crippen LogP contribution in [0.4, 0.5) is 0 Å². The second-order valence-corrected chi connectivity index (χ2v) is 5.25. The second-order valence-electron chi connectivity index (χ2n) is 5.25. The minimum absolute atomic E-state index is 0.496. The second kappa shape index (κ2) is 6.36. The van der Waals surface area contributed by atoms with Gasteiger partial charge in [0, 0.05) is 17.2 Å². The van der Waals surface area contributed by atoms with Crippen LogP contribution >= 0.6 is 0 Å². The van der Waals surface area contributed by atoms with E-state index < -0.39 is 0 Å². The van der Waals surface area contributed by atoms with Crippen LogP contribution < -0.4 is 9.47 Å². The summed E-state index contributed by atoms with van der Waals surface area (Å²) in [5.41, 5.74) is 4.07. The molecule has 3 heteroatoms. The van der Waals surface area contributed by atoms with E-state index in [4.69, 9.17) is 14.7 Å². The third-order valence-corrected chi connectivity index (χ3v) is 3.80. The first kappa shape index (κ1) is 14.2. The Balaban J connectivity index is 1.93. The van der Waals surface area contributed by atoms with Crippen molar-refractivity contribution in [3.05, 3.63) is 64.7 Å². The number of nitrogens with zero attached hydrogens (tertiary/aromatic N) is 1. The molecule has 0 saturated heterocycles. The number of benzene rings is 2. The molecule has 0 atom stereocenters. The van der Waals surface area contributed by atoms with E-state index in [2.05, 4.69) is 6.07 Å². The van der Waals surface area contributed by atoms with Gasteiger partial charge in [-0.25, -0.2) is 0 Å². The first-order valence-electron chi connectivity index (χ1n) is 7.28. The van der Waals surface area contributed by atoms with Gasteiger partial charge in [0.1, 0.15) is 18.1 Å². The number of methoxy groups -OCH3 is 1. The fourth-order valence-electron chi connectivity index (χ4n) is 2.60. The summed E-state index contributed by atoms with van der Waals surface area (Å²) in [5, 5.41) is 9.13. The van der Waals surface area contributed by atoms with Crippen molar-refractivity contribution in [1.82, 2.24) is 0 Å². The molecule has 0 radical (unpaired) electrons. The van der Waals surface area contributed by atoms with E-state index >= 15 is 0 Å². The van der Waals surface area contributed by atoms with Gasteiger partial charge in [-0.1, -0.05) is 30.3 Å². The number of fused-ring (bicyclic) bond motifs is 1. The summed E-state index contributed by atoms with van der Waals surface area (Å²) in [6, 6.07) is 16.2. The van der Waals surface area contributed by atoms with Crippen LogP contribution in [0, 0.1) is 11.3 Å². The Morgan fingerprint density at radius 1 is 1.14 bits per heavy atom. The fraction of sp³-hybridized carbons (Fsp3) is 0.211. The number of aryl methyl sites for hydroxylation is 1. The van der Waals surface area contributed by atoms with Crippen molar-refractivity contribution in [2.75, 3.05) is 7.11 Å². The van der Waals surface area contributed by atoms with Crippen molar-refractivity contribution >= 4 is 6.08 Å². The quantitative estimate of drug-likeness (QED) is 0.850. The maximum absolute atomic E-state index is 9.13. The smallest absolute Gasteiger partial charge is 0.131 e. The molecule has 0 spiro atoms. The van der Waals surface area contributed by atoms with Gasteiger partial charge in [0.05, 0.1) is 13.2 Å². The molecule has 1 aliphatic carbocycles. The number of rotatable bonds is 4. The van der Waals surface area contributed by atoms with Gasteiger partial charge in [-0.3, -0.25) is 0 Å². The molecule has 0 fully saturated rings. The van der Waals surface area contributed by atoms with Gasteiger partial charge in [0.25, 0.3) is 0 Å². The highest BCUT2D eigenvalue weighted by molar-refractivity contribution is 5.69. The Morgan fingerprint density at radius 2 is 1.95 bits per heavy atom. The monoisotopic (exact) mass is 291 g/mol. The summed E-state index contributed by atoms with van der Waals surface area (Å²) in [5.74, 6) is 1.56. The molecule has 0 aromatic heterocycles. The SMILES string of the molecule is COc1cc2c(c(OCc3ccccc3)c1)C=C(C#N)CC2. The van der Waals surface area contributed by atoms with Gasteiger partial charge >= 0.3 is 0 Å². The predicted molar refractivity (Wildman–Crippen MR) is 85.7 cm³/mol. The van der Waals surface area contributed by atoms with E-state index in [1.54, 1.807) is 7.11 Å². The summed E-state index contributed by atoms with van der Waals surface area (Å²) < 4.78 is 11.4. The number of hydrogen-bond acceptors (Lipinski definition) is 3. The highest BCUT2D eigenvalue weighted by atomic mass is 16.5. The summed E-state index contributed by atoms with van der Waals surface area (Å²) in [6.45, 7) is 0.496. The average molecular weight is 291 g/mol.